The van der Waals surface area contributed by atoms with Crippen molar-refractivity contribution in [2.24, 2.45) is 16.7 Å². The maximum atomic E-state index is 15.4. The summed E-state index contributed by atoms with van der Waals surface area (Å²) < 4.78 is 30.7. The second-order valence-corrected chi connectivity index (χ2v) is 30.7. The van der Waals surface area contributed by atoms with Gasteiger partial charge in [-0.2, -0.15) is 0 Å². The SMILES string of the molecule is CCC1=C[C@@H]2CN(CCc3c([nH]c4ccccc34)[C@@](C(=O)OC)(c3cc4c(cc3OC)N(C)[C@H]3[C@@](O)(CNC(=O)c5ccccc5)[C@H](OC(C)=O)[C@]5(CC)C=CCN6CC[C@]43C65)C2)C1.CC[C@]12C=CCN3CC[C@@]4(c5ccc(OC)cc5N(C)[C@H]4[C@@](O)(CNC(=O)c4ccccc4)[C@@H]1OC(C)=O)C32. The predicted molar refractivity (Wildman–Crippen MR) is 394 cm³/mol. The van der Waals surface area contributed by atoms with Crippen molar-refractivity contribution in [2.45, 2.75) is 143 Å². The molecule has 1 aromatic heterocycles. The molecule has 0 radical (unpaired) electrons. The number of carbonyl (C=O) groups excluding carboxylic acids is 5. The zero-order valence-electron chi connectivity index (χ0n) is 60.9. The van der Waals surface area contributed by atoms with Gasteiger partial charge in [-0.15, -0.1) is 0 Å². The number of fused-ring (bicyclic) bond motifs is 7. The van der Waals surface area contributed by atoms with E-state index >= 15 is 4.79 Å². The van der Waals surface area contributed by atoms with Gasteiger partial charge in [-0.3, -0.25) is 38.7 Å². The molecule has 9 heterocycles. The lowest BCUT2D eigenvalue weighted by atomic mass is 9.47. The molecule has 3 unspecified atom stereocenters. The van der Waals surface area contributed by atoms with Crippen LogP contribution in [0.1, 0.15) is 122 Å². The van der Waals surface area contributed by atoms with Gasteiger partial charge in [0.05, 0.1) is 46.5 Å². The first kappa shape index (κ1) is 69.9. The van der Waals surface area contributed by atoms with Crippen LogP contribution in [0.2, 0.25) is 0 Å². The molecule has 15 atom stereocenters. The molecule has 4 fully saturated rings. The highest BCUT2D eigenvalue weighted by Crippen LogP contribution is 2.70. The fraction of sp³-hybridized carbons (Fsp3) is 0.482. The number of nitrogens with zero attached hydrogens (tertiary/aromatic N) is 5. The number of benzene rings is 5. The lowest BCUT2D eigenvalue weighted by molar-refractivity contribution is -0.216. The highest BCUT2D eigenvalue weighted by molar-refractivity contribution is 5.96. The molecule has 5 aromatic carbocycles. The van der Waals surface area contributed by atoms with Crippen molar-refractivity contribution in [1.29, 1.82) is 0 Å². The molecule has 2 bridgehead atoms. The fourth-order valence-electron chi connectivity index (χ4n) is 22.5. The summed E-state index contributed by atoms with van der Waals surface area (Å²) >= 11 is 0. The topological polar surface area (TPSA) is 228 Å². The molecule has 5 N–H and O–H groups in total. The van der Waals surface area contributed by atoms with Crippen molar-refractivity contribution in [1.82, 2.24) is 30.3 Å². The van der Waals surface area contributed by atoms with Crippen molar-refractivity contribution in [2.75, 3.05) is 104 Å². The van der Waals surface area contributed by atoms with Crippen LogP contribution in [0.3, 0.4) is 0 Å². The highest BCUT2D eigenvalue weighted by Gasteiger charge is 2.80. The summed E-state index contributed by atoms with van der Waals surface area (Å²) in [5.74, 6) is -0.603. The first-order valence-corrected chi connectivity index (χ1v) is 36.9. The van der Waals surface area contributed by atoms with E-state index in [0.29, 0.717) is 49.1 Å². The van der Waals surface area contributed by atoms with Gasteiger partial charge >= 0.3 is 17.9 Å². The molecule has 6 aromatic rings. The van der Waals surface area contributed by atoms with E-state index in [1.54, 1.807) is 38.5 Å². The van der Waals surface area contributed by atoms with Gasteiger partial charge in [-0.1, -0.05) is 117 Å². The number of ether oxygens (including phenoxy) is 5. The van der Waals surface area contributed by atoms with Crippen molar-refractivity contribution in [3.63, 3.8) is 0 Å². The Kier molecular flexibility index (Phi) is 17.7. The quantitative estimate of drug-likeness (QED) is 0.0367. The molecule has 16 rings (SSSR count). The molecule has 2 spiro atoms. The molecule has 2 amide bonds. The zero-order chi connectivity index (χ0) is 72.3. The van der Waals surface area contributed by atoms with Crippen LogP contribution in [0.5, 0.6) is 11.5 Å². The Hall–Kier alpha value is -8.79. The minimum Gasteiger partial charge on any atom is -0.497 e. The van der Waals surface area contributed by atoms with E-state index < -0.39 is 74.5 Å². The molecule has 542 valence electrons. The summed E-state index contributed by atoms with van der Waals surface area (Å²) in [4.78, 5) is 84.1. The largest absolute Gasteiger partial charge is 0.497 e. The lowest BCUT2D eigenvalue weighted by Gasteiger charge is -2.64. The van der Waals surface area contributed by atoms with Gasteiger partial charge in [0.25, 0.3) is 11.8 Å². The Bertz CT molecular complexity index is 4450. The smallest absolute Gasteiger partial charge is 0.322 e. The van der Waals surface area contributed by atoms with Gasteiger partial charge in [0.1, 0.15) is 40.3 Å². The second-order valence-electron chi connectivity index (χ2n) is 30.7. The van der Waals surface area contributed by atoms with Crippen molar-refractivity contribution in [3.8, 4) is 11.5 Å². The third-order valence-electron chi connectivity index (χ3n) is 26.0. The standard InChI is InChI=1S/C52H61N5O7.C31H37N3O5/c1-7-33-25-34-28-51(48(60)63-6,43-37(19-23-56(29-33)30-34)36-17-12-13-18-40(36)54-43)39-26-38-41(27-42(39)62-5)55(4)46-50(38)21-24-57-22-14-20-49(8-2,45(50)57)47(64-32(3)58)52(46,61)31-53-44(59)35-15-10-9-11-16-35;1-5-29-14-9-16-34-17-15-30(26(29)34)23-13-12-22(38-4)18-24(23)33(3)27(30)31(37,28(29)39-20(2)35)19-32-25(36)21-10-7-6-8-11-21/h9-18,20,25-27,34,45-47,54,61H,7-8,19,21-24,28-31H2,1-6H3,(H,53,59);6-14,18,26-28,37H,5,15-17,19H2,1-4H3,(H,32,36)/t34-,45?,46+,47+,49+,50+,51-,52-;26?,27-,28-,29-,30-,31+/m01/s1. The lowest BCUT2D eigenvalue weighted by Crippen LogP contribution is -2.81. The number of aromatic nitrogens is 1. The number of hydrogen-bond acceptors (Lipinski definition) is 17. The molecular weight excluding hydrogens is 1300 g/mol. The van der Waals surface area contributed by atoms with Crippen LogP contribution < -0.4 is 29.9 Å². The molecule has 10 aliphatic rings. The van der Waals surface area contributed by atoms with Crippen LogP contribution in [0, 0.1) is 16.7 Å². The maximum absolute atomic E-state index is 15.4. The number of methoxy groups -OCH3 is 3. The molecule has 103 heavy (non-hydrogen) atoms. The van der Waals surface area contributed by atoms with Gasteiger partial charge < -0.3 is 59.3 Å². The fourth-order valence-corrected chi connectivity index (χ4v) is 22.5. The maximum Gasteiger partial charge on any atom is 0.322 e. The number of likely N-dealkylation sites (N-methyl/N-ethyl adjacent to an activating group) is 2. The number of carbonyl (C=O) groups is 5. The Labute approximate surface area is 603 Å². The average molecular weight is 1400 g/mol. The Morgan fingerprint density at radius 2 is 1.17 bits per heavy atom. The third-order valence-corrected chi connectivity index (χ3v) is 26.0. The monoisotopic (exact) mass is 1400 g/mol. The summed E-state index contributed by atoms with van der Waals surface area (Å²) in [5.41, 5.74) is 2.57. The average Bonchev–Trinajstić information content (AvgIpc) is 1.51. The normalized spacial score (nSPS) is 33.1. The minimum absolute atomic E-state index is 0.0107. The van der Waals surface area contributed by atoms with Crippen LogP contribution in [0.25, 0.3) is 10.9 Å². The minimum atomic E-state index is -1.79. The Morgan fingerprint density at radius 1 is 0.621 bits per heavy atom. The van der Waals surface area contributed by atoms with Crippen LogP contribution in [-0.2, 0) is 51.3 Å². The first-order chi connectivity index (χ1) is 49.6. The van der Waals surface area contributed by atoms with Gasteiger partial charge in [-0.25, -0.2) is 0 Å². The van der Waals surface area contributed by atoms with Crippen LogP contribution in [0.4, 0.5) is 11.4 Å². The second kappa shape index (κ2) is 26.1. The number of amides is 2. The molecule has 20 nitrogen and oxygen atoms in total. The predicted octanol–water partition coefficient (Wildman–Crippen LogP) is 8.95. The van der Waals surface area contributed by atoms with E-state index in [1.807, 2.05) is 68.7 Å². The molecule has 2 saturated heterocycles. The van der Waals surface area contributed by atoms with Crippen molar-refractivity contribution in [3.05, 3.63) is 190 Å². The van der Waals surface area contributed by atoms with Gasteiger partial charge in [0, 0.05) is 151 Å². The van der Waals surface area contributed by atoms with Crippen LogP contribution >= 0.6 is 0 Å². The van der Waals surface area contributed by atoms with Crippen LogP contribution in [0.15, 0.2) is 151 Å². The molecule has 2 saturated carbocycles. The molecule has 2 aliphatic carbocycles. The summed E-state index contributed by atoms with van der Waals surface area (Å²) in [6, 6.07) is 35.4. The number of H-pyrrole nitrogens is 1. The van der Waals surface area contributed by atoms with Crippen LogP contribution in [-0.4, -0.2) is 202 Å². The van der Waals surface area contributed by atoms with E-state index in [-0.39, 0.29) is 48.9 Å². The Morgan fingerprint density at radius 3 is 1.69 bits per heavy atom. The number of nitrogens with one attached hydrogen (secondary N) is 3. The number of hydrogen-bond donors (Lipinski definition) is 5. The number of rotatable bonds is 15. The number of para-hydroxylation sites is 1. The summed E-state index contributed by atoms with van der Waals surface area (Å²) in [6.45, 7) is 14.6. The molecule has 8 aliphatic heterocycles. The molecule has 20 heteroatoms. The number of aromatic amines is 1. The third kappa shape index (κ3) is 10.2. The summed E-state index contributed by atoms with van der Waals surface area (Å²) in [5, 5.41) is 34.2. The van der Waals surface area contributed by atoms with E-state index in [2.05, 4.69) is 128 Å². The number of aliphatic hydroxyl groups is 2. The van der Waals surface area contributed by atoms with E-state index in [4.69, 9.17) is 23.7 Å². The van der Waals surface area contributed by atoms with Gasteiger partial charge in [0.15, 0.2) is 0 Å². The van der Waals surface area contributed by atoms with Crippen molar-refractivity contribution >= 4 is 52.0 Å². The number of esters is 3. The summed E-state index contributed by atoms with van der Waals surface area (Å²) in [7, 11) is 8.78. The number of anilines is 2. The summed E-state index contributed by atoms with van der Waals surface area (Å²) in [6.07, 6.45) is 14.0. The Balaban J connectivity index is 0.000000187. The van der Waals surface area contributed by atoms with E-state index in [0.717, 1.165) is 109 Å². The van der Waals surface area contributed by atoms with Gasteiger partial charge in [-0.05, 0) is 123 Å². The van der Waals surface area contributed by atoms with Gasteiger partial charge in [0.2, 0.25) is 0 Å². The van der Waals surface area contributed by atoms with E-state index in [1.165, 1.54) is 32.1 Å². The van der Waals surface area contributed by atoms with Crippen molar-refractivity contribution < 1.29 is 57.9 Å². The zero-order valence-corrected chi connectivity index (χ0v) is 60.9. The molecular formula is C83H98N8O12. The van der Waals surface area contributed by atoms with E-state index in [9.17, 15) is 29.4 Å². The first-order valence-electron chi connectivity index (χ1n) is 36.9. The highest BCUT2D eigenvalue weighted by atomic mass is 16.6.